The second-order valence-electron chi connectivity index (χ2n) is 3.56. The van der Waals surface area contributed by atoms with Crippen LogP contribution in [0.1, 0.15) is 11.1 Å². The molecule has 0 N–H and O–H groups in total. The molecule has 2 aromatic rings. The van der Waals surface area contributed by atoms with E-state index in [1.54, 1.807) is 19.2 Å². The van der Waals surface area contributed by atoms with Crippen molar-refractivity contribution in [3.05, 3.63) is 47.8 Å². The highest BCUT2D eigenvalue weighted by Crippen LogP contribution is 2.27. The molecule has 0 fully saturated rings. The first-order chi connectivity index (χ1) is 8.80. The molecule has 0 unspecified atom stereocenters. The molecule has 0 aliphatic carbocycles. The maximum absolute atomic E-state index is 9.08. The minimum atomic E-state index is 0.388. The van der Waals surface area contributed by atoms with Crippen LogP contribution in [-0.4, -0.2) is 12.1 Å². The third kappa shape index (κ3) is 2.00. The van der Waals surface area contributed by atoms with E-state index in [1.165, 1.54) is 12.4 Å². The van der Waals surface area contributed by atoms with E-state index >= 15 is 0 Å². The second-order valence-corrected chi connectivity index (χ2v) is 3.56. The molecule has 0 saturated heterocycles. The summed E-state index contributed by atoms with van der Waals surface area (Å²) in [6.07, 6.45) is 2.92. The lowest BCUT2D eigenvalue weighted by molar-refractivity contribution is 0.415. The van der Waals surface area contributed by atoms with Gasteiger partial charge in [0.1, 0.15) is 17.9 Å². The van der Waals surface area contributed by atoms with Gasteiger partial charge in [0.05, 0.1) is 18.2 Å². The van der Waals surface area contributed by atoms with E-state index < -0.39 is 0 Å². The lowest BCUT2D eigenvalue weighted by Crippen LogP contribution is -1.92. The summed E-state index contributed by atoms with van der Waals surface area (Å²) in [4.78, 5) is 3.88. The number of hydrogen-bond donors (Lipinski definition) is 0. The number of nitrogens with zero attached hydrogens (tertiary/aromatic N) is 3. The van der Waals surface area contributed by atoms with E-state index in [9.17, 15) is 0 Å². The predicted octanol–water partition coefficient (Wildman–Crippen LogP) is 2.50. The fourth-order valence-corrected chi connectivity index (χ4v) is 1.70. The van der Waals surface area contributed by atoms with Gasteiger partial charge in [-0.25, -0.2) is 0 Å². The lowest BCUT2D eigenvalue weighted by Gasteiger charge is -2.07. The summed E-state index contributed by atoms with van der Waals surface area (Å²) in [5.74, 6) is 0.727. The second kappa shape index (κ2) is 4.99. The highest BCUT2D eigenvalue weighted by Gasteiger charge is 2.11. The molecule has 0 aliphatic rings. The zero-order valence-corrected chi connectivity index (χ0v) is 9.71. The molecule has 0 aliphatic heterocycles. The molecule has 86 valence electrons. The minimum Gasteiger partial charge on any atom is -0.497 e. The number of ether oxygens (including phenoxy) is 1. The summed E-state index contributed by atoms with van der Waals surface area (Å²) >= 11 is 0. The van der Waals surface area contributed by atoms with Crippen LogP contribution in [0.3, 0.4) is 0 Å². The molecule has 4 heteroatoms. The molecule has 0 bridgehead atoms. The van der Waals surface area contributed by atoms with Crippen molar-refractivity contribution in [3.8, 4) is 29.0 Å². The van der Waals surface area contributed by atoms with Crippen molar-refractivity contribution < 1.29 is 4.74 Å². The van der Waals surface area contributed by atoms with E-state index in [0.29, 0.717) is 16.7 Å². The third-order valence-corrected chi connectivity index (χ3v) is 2.57. The van der Waals surface area contributed by atoms with Crippen LogP contribution in [0, 0.1) is 22.7 Å². The van der Waals surface area contributed by atoms with Gasteiger partial charge in [0.15, 0.2) is 0 Å². The van der Waals surface area contributed by atoms with Crippen molar-refractivity contribution in [2.45, 2.75) is 0 Å². The number of rotatable bonds is 2. The molecule has 0 saturated carbocycles. The standard InChI is InChI=1S/C14H9N3O/c1-18-13-4-2-10(3-5-13)14-11(6-15)8-17-9-12(14)7-16/h2-5,8-9H,1H3. The predicted molar refractivity (Wildman–Crippen MR) is 65.7 cm³/mol. The van der Waals surface area contributed by atoms with Gasteiger partial charge in [0, 0.05) is 18.0 Å². The molecular weight excluding hydrogens is 226 g/mol. The van der Waals surface area contributed by atoms with Crippen LogP contribution in [-0.2, 0) is 0 Å². The van der Waals surface area contributed by atoms with Gasteiger partial charge in [0.25, 0.3) is 0 Å². The monoisotopic (exact) mass is 235 g/mol. The van der Waals surface area contributed by atoms with E-state index in [0.717, 1.165) is 11.3 Å². The minimum absolute atomic E-state index is 0.388. The molecule has 18 heavy (non-hydrogen) atoms. The topological polar surface area (TPSA) is 69.7 Å². The summed E-state index contributed by atoms with van der Waals surface area (Å²) < 4.78 is 5.08. The Bertz CT molecular complexity index is 616. The molecule has 0 radical (unpaired) electrons. The van der Waals surface area contributed by atoms with Gasteiger partial charge in [0.2, 0.25) is 0 Å². The first-order valence-corrected chi connectivity index (χ1v) is 5.22. The van der Waals surface area contributed by atoms with Crippen LogP contribution < -0.4 is 4.74 Å². The van der Waals surface area contributed by atoms with Crippen molar-refractivity contribution in [1.82, 2.24) is 4.98 Å². The number of nitriles is 2. The quantitative estimate of drug-likeness (QED) is 0.801. The summed E-state index contributed by atoms with van der Waals surface area (Å²) in [6.45, 7) is 0. The van der Waals surface area contributed by atoms with E-state index in [-0.39, 0.29) is 0 Å². The van der Waals surface area contributed by atoms with E-state index in [1.807, 2.05) is 12.1 Å². The zero-order valence-electron chi connectivity index (χ0n) is 9.71. The van der Waals surface area contributed by atoms with Gasteiger partial charge >= 0.3 is 0 Å². The highest BCUT2D eigenvalue weighted by molar-refractivity contribution is 5.76. The zero-order chi connectivity index (χ0) is 13.0. The van der Waals surface area contributed by atoms with Gasteiger partial charge in [-0.05, 0) is 17.7 Å². The molecular formula is C14H9N3O. The molecule has 1 heterocycles. The average Bonchev–Trinajstić information content (AvgIpc) is 2.46. The fourth-order valence-electron chi connectivity index (χ4n) is 1.70. The summed E-state index contributed by atoms with van der Waals surface area (Å²) in [5, 5.41) is 18.2. The van der Waals surface area contributed by atoms with Gasteiger partial charge in [-0.15, -0.1) is 0 Å². The average molecular weight is 235 g/mol. The number of hydrogen-bond acceptors (Lipinski definition) is 4. The molecule has 1 aromatic heterocycles. The maximum Gasteiger partial charge on any atom is 0.118 e. The van der Waals surface area contributed by atoms with Crippen LogP contribution in [0.2, 0.25) is 0 Å². The normalized spacial score (nSPS) is 9.28. The van der Waals surface area contributed by atoms with Crippen LogP contribution in [0.4, 0.5) is 0 Å². The Balaban J connectivity index is 2.63. The maximum atomic E-state index is 9.08. The summed E-state index contributed by atoms with van der Waals surface area (Å²) in [6, 6.07) is 11.3. The van der Waals surface area contributed by atoms with Crippen LogP contribution in [0.5, 0.6) is 5.75 Å². The first-order valence-electron chi connectivity index (χ1n) is 5.22. The molecule has 1 aromatic carbocycles. The molecule has 0 amide bonds. The number of aromatic nitrogens is 1. The molecule has 0 spiro atoms. The Hall–Kier alpha value is -2.85. The first kappa shape index (κ1) is 11.6. The van der Waals surface area contributed by atoms with Crippen molar-refractivity contribution in [1.29, 1.82) is 10.5 Å². The van der Waals surface area contributed by atoms with Crippen molar-refractivity contribution >= 4 is 0 Å². The summed E-state index contributed by atoms with van der Waals surface area (Å²) in [7, 11) is 1.59. The van der Waals surface area contributed by atoms with Gasteiger partial charge in [-0.1, -0.05) is 12.1 Å². The largest absolute Gasteiger partial charge is 0.497 e. The Morgan fingerprint density at radius 1 is 1.00 bits per heavy atom. The van der Waals surface area contributed by atoms with Crippen molar-refractivity contribution in [2.75, 3.05) is 7.11 Å². The molecule has 0 atom stereocenters. The number of pyridine rings is 1. The molecule has 4 nitrogen and oxygen atoms in total. The van der Waals surface area contributed by atoms with E-state index in [2.05, 4.69) is 17.1 Å². The van der Waals surface area contributed by atoms with Gasteiger partial charge < -0.3 is 4.74 Å². The Kier molecular flexibility index (Phi) is 3.22. The van der Waals surface area contributed by atoms with Crippen LogP contribution in [0.15, 0.2) is 36.7 Å². The Morgan fingerprint density at radius 3 is 2.00 bits per heavy atom. The van der Waals surface area contributed by atoms with Crippen LogP contribution >= 0.6 is 0 Å². The van der Waals surface area contributed by atoms with Crippen molar-refractivity contribution in [2.24, 2.45) is 0 Å². The van der Waals surface area contributed by atoms with Crippen molar-refractivity contribution in [3.63, 3.8) is 0 Å². The SMILES string of the molecule is COc1ccc(-c2c(C#N)cncc2C#N)cc1. The third-order valence-electron chi connectivity index (χ3n) is 2.57. The fraction of sp³-hybridized carbons (Fsp3) is 0.0714. The highest BCUT2D eigenvalue weighted by atomic mass is 16.5. The number of methoxy groups -OCH3 is 1. The molecule has 2 rings (SSSR count). The van der Waals surface area contributed by atoms with Gasteiger partial charge in [-0.3, -0.25) is 4.98 Å². The smallest absolute Gasteiger partial charge is 0.118 e. The van der Waals surface area contributed by atoms with E-state index in [4.69, 9.17) is 15.3 Å². The van der Waals surface area contributed by atoms with Gasteiger partial charge in [-0.2, -0.15) is 10.5 Å². The summed E-state index contributed by atoms with van der Waals surface area (Å²) in [5.41, 5.74) is 2.18. The number of benzene rings is 1. The Labute approximate surface area is 105 Å². The lowest BCUT2D eigenvalue weighted by atomic mass is 9.98. The Morgan fingerprint density at radius 2 is 1.56 bits per heavy atom. The van der Waals surface area contributed by atoms with Crippen LogP contribution in [0.25, 0.3) is 11.1 Å².